The quantitative estimate of drug-likeness (QED) is 0.630. The van der Waals surface area contributed by atoms with Crippen molar-refractivity contribution in [1.82, 2.24) is 8.75 Å². The molecular weight excluding hydrogens is 295 g/mol. The molecule has 0 saturated carbocycles. The van der Waals surface area contributed by atoms with Crippen molar-refractivity contribution in [3.63, 3.8) is 0 Å². The lowest BCUT2D eigenvalue weighted by Crippen LogP contribution is -1.88. The molecule has 82 valence electrons. The largest absolute Gasteiger partial charge is 0.359 e. The summed E-state index contributed by atoms with van der Waals surface area (Å²) in [5.74, 6) is 0. The van der Waals surface area contributed by atoms with Gasteiger partial charge in [-0.15, -0.1) is 0 Å². The van der Waals surface area contributed by atoms with Gasteiger partial charge in [-0.2, -0.15) is 17.2 Å². The molecule has 0 aromatic carbocycles. The minimum atomic E-state index is -3.72. The Morgan fingerprint density at radius 1 is 1.50 bits per heavy atom. The summed E-state index contributed by atoms with van der Waals surface area (Å²) < 4.78 is 30.9. The number of rotatable bonds is 3. The molecule has 0 atom stereocenters. The zero-order valence-electron chi connectivity index (χ0n) is 6.56. The molecule has 10 heteroatoms. The van der Waals surface area contributed by atoms with Crippen LogP contribution in [0.1, 0.15) is 5.69 Å². The molecule has 0 unspecified atom stereocenters. The predicted molar refractivity (Wildman–Crippen MR) is 56.0 cm³/mol. The predicted octanol–water partition coefficient (Wildman–Crippen LogP) is 1.96. The molecular formula is C4H5Cl3N2O3S2. The molecule has 0 aliphatic carbocycles. The van der Waals surface area contributed by atoms with E-state index in [-0.39, 0.29) is 6.07 Å². The van der Waals surface area contributed by atoms with Crippen molar-refractivity contribution in [3.8, 4) is 0 Å². The number of hydrogen-bond acceptors (Lipinski definition) is 6. The van der Waals surface area contributed by atoms with Crippen molar-refractivity contribution in [2.24, 2.45) is 0 Å². The van der Waals surface area contributed by atoms with Crippen LogP contribution in [0, 0.1) is 0 Å². The average Bonchev–Trinajstić information content (AvgIpc) is 2.49. The molecule has 1 rings (SSSR count). The summed E-state index contributed by atoms with van der Waals surface area (Å²) >= 11 is 6.42. The van der Waals surface area contributed by atoms with Gasteiger partial charge in [0.15, 0.2) is 0 Å². The Labute approximate surface area is 99.2 Å². The topological polar surface area (TPSA) is 69.2 Å². The van der Waals surface area contributed by atoms with Gasteiger partial charge < -0.3 is 4.74 Å². The van der Waals surface area contributed by atoms with E-state index in [1.165, 1.54) is 11.7 Å². The van der Waals surface area contributed by atoms with Crippen molar-refractivity contribution in [2.75, 3.05) is 6.07 Å². The van der Waals surface area contributed by atoms with Crippen LogP contribution in [0.2, 0.25) is 0 Å². The second kappa shape index (κ2) is 7.61. The van der Waals surface area contributed by atoms with Gasteiger partial charge in [-0.1, -0.05) is 11.6 Å². The maximum Gasteiger partial charge on any atom is 0.317 e. The van der Waals surface area contributed by atoms with E-state index in [9.17, 15) is 0 Å². The van der Waals surface area contributed by atoms with Crippen LogP contribution in [0.25, 0.3) is 0 Å². The maximum atomic E-state index is 9.16. The summed E-state index contributed by atoms with van der Waals surface area (Å²) in [6.45, 7) is 0.458. The lowest BCUT2D eigenvalue weighted by molar-refractivity contribution is 0.163. The van der Waals surface area contributed by atoms with Gasteiger partial charge >= 0.3 is 8.26 Å². The smallest absolute Gasteiger partial charge is 0.317 e. The Balaban J connectivity index is 0.000000292. The molecule has 0 bridgehead atoms. The van der Waals surface area contributed by atoms with Crippen molar-refractivity contribution in [1.29, 1.82) is 0 Å². The lowest BCUT2D eigenvalue weighted by atomic mass is 10.5. The third kappa shape index (κ3) is 12.3. The van der Waals surface area contributed by atoms with Crippen LogP contribution in [-0.4, -0.2) is 23.2 Å². The zero-order chi connectivity index (χ0) is 11.0. The van der Waals surface area contributed by atoms with E-state index in [1.807, 2.05) is 0 Å². The highest BCUT2D eigenvalue weighted by Crippen LogP contribution is 1.98. The summed E-state index contributed by atoms with van der Waals surface area (Å²) in [6.07, 6.45) is 1.66. The molecule has 5 nitrogen and oxygen atoms in total. The van der Waals surface area contributed by atoms with Crippen molar-refractivity contribution >= 4 is 53.0 Å². The summed E-state index contributed by atoms with van der Waals surface area (Å²) in [7, 11) is 4.81. The van der Waals surface area contributed by atoms with E-state index in [0.717, 1.165) is 5.69 Å². The Kier molecular flexibility index (Phi) is 7.79. The molecule has 14 heavy (non-hydrogen) atoms. The lowest BCUT2D eigenvalue weighted by Gasteiger charge is -1.91. The summed E-state index contributed by atoms with van der Waals surface area (Å²) in [5, 5.41) is 0. The first-order chi connectivity index (χ1) is 6.43. The highest BCUT2D eigenvalue weighted by molar-refractivity contribution is 8.31. The van der Waals surface area contributed by atoms with Crippen LogP contribution in [0.15, 0.2) is 6.20 Å². The van der Waals surface area contributed by atoms with E-state index in [0.29, 0.717) is 6.61 Å². The molecule has 0 amide bonds. The molecule has 0 aliphatic rings. The molecule has 1 aromatic rings. The van der Waals surface area contributed by atoms with Crippen molar-refractivity contribution in [2.45, 2.75) is 6.61 Å². The second-order valence-corrected chi connectivity index (χ2v) is 6.18. The maximum absolute atomic E-state index is 9.16. The molecule has 0 N–H and O–H groups in total. The van der Waals surface area contributed by atoms with Crippen molar-refractivity contribution < 1.29 is 13.2 Å². The van der Waals surface area contributed by atoms with Crippen LogP contribution in [-0.2, 0) is 19.6 Å². The highest BCUT2D eigenvalue weighted by atomic mass is 36.0. The molecule has 0 spiro atoms. The minimum Gasteiger partial charge on any atom is -0.359 e. The number of alkyl halides is 1. The molecule has 0 aliphatic heterocycles. The third-order valence-corrected chi connectivity index (χ3v) is 1.40. The normalized spacial score (nSPS) is 10.5. The first-order valence-corrected chi connectivity index (χ1v) is 7.38. The SMILES string of the molecule is ClCOCc1cnsn1.O=S(=O)(Cl)Cl. The van der Waals surface area contributed by atoms with E-state index in [4.69, 9.17) is 24.8 Å². The van der Waals surface area contributed by atoms with Crippen LogP contribution in [0.4, 0.5) is 0 Å². The number of hydrogen-bond donors (Lipinski definition) is 0. The average molecular weight is 300 g/mol. The molecule has 0 radical (unpaired) electrons. The molecule has 1 heterocycles. The Bertz CT molecular complexity index is 320. The van der Waals surface area contributed by atoms with Gasteiger partial charge in [0.05, 0.1) is 24.5 Å². The van der Waals surface area contributed by atoms with E-state index >= 15 is 0 Å². The number of ether oxygens (including phenoxy) is 1. The van der Waals surface area contributed by atoms with Gasteiger partial charge in [0, 0.05) is 21.4 Å². The number of aromatic nitrogens is 2. The Morgan fingerprint density at radius 3 is 2.43 bits per heavy atom. The fraction of sp³-hybridized carbons (Fsp3) is 0.500. The van der Waals surface area contributed by atoms with Crippen LogP contribution >= 0.6 is 44.7 Å². The first kappa shape index (κ1) is 14.3. The van der Waals surface area contributed by atoms with E-state index < -0.39 is 8.26 Å². The van der Waals surface area contributed by atoms with Gasteiger partial charge in [0.2, 0.25) is 0 Å². The summed E-state index contributed by atoms with van der Waals surface area (Å²) in [5.41, 5.74) is 0.834. The van der Waals surface area contributed by atoms with Crippen molar-refractivity contribution in [3.05, 3.63) is 11.9 Å². The summed E-state index contributed by atoms with van der Waals surface area (Å²) in [6, 6.07) is 0.206. The van der Waals surface area contributed by atoms with Gasteiger partial charge in [0.25, 0.3) is 0 Å². The fourth-order valence-electron chi connectivity index (χ4n) is 0.391. The van der Waals surface area contributed by atoms with Gasteiger partial charge in [-0.3, -0.25) is 0 Å². The Morgan fingerprint density at radius 2 is 2.07 bits per heavy atom. The van der Waals surface area contributed by atoms with Crippen LogP contribution in [0.3, 0.4) is 0 Å². The van der Waals surface area contributed by atoms with Gasteiger partial charge in [-0.25, -0.2) is 0 Å². The Hall–Kier alpha value is 0.340. The number of nitrogens with zero attached hydrogens (tertiary/aromatic N) is 2. The van der Waals surface area contributed by atoms with E-state index in [1.54, 1.807) is 6.20 Å². The number of halogens is 3. The monoisotopic (exact) mass is 298 g/mol. The molecule has 0 fully saturated rings. The van der Waals surface area contributed by atoms with Gasteiger partial charge in [0.1, 0.15) is 11.8 Å². The fourth-order valence-corrected chi connectivity index (χ4v) is 0.889. The summed E-state index contributed by atoms with van der Waals surface area (Å²) in [4.78, 5) is 0. The zero-order valence-corrected chi connectivity index (χ0v) is 10.5. The highest BCUT2D eigenvalue weighted by Gasteiger charge is 1.92. The molecule has 1 aromatic heterocycles. The van der Waals surface area contributed by atoms with Crippen LogP contribution in [0.5, 0.6) is 0 Å². The van der Waals surface area contributed by atoms with Crippen LogP contribution < -0.4 is 0 Å². The second-order valence-electron chi connectivity index (χ2n) is 1.73. The third-order valence-electron chi connectivity index (χ3n) is 0.734. The first-order valence-electron chi connectivity index (χ1n) is 2.98. The standard InChI is InChI=1S/C4H5ClN2OS.Cl2O2S/c5-3-8-2-4-1-6-9-7-4;1-5(2,3)4/h1H,2-3H2;. The minimum absolute atomic E-state index is 0.206. The van der Waals surface area contributed by atoms with E-state index in [2.05, 4.69) is 30.1 Å². The molecule has 0 saturated heterocycles. The van der Waals surface area contributed by atoms with Gasteiger partial charge in [-0.05, 0) is 0 Å².